The van der Waals surface area contributed by atoms with Gasteiger partial charge in [0.15, 0.2) is 0 Å². The summed E-state index contributed by atoms with van der Waals surface area (Å²) in [5.41, 5.74) is 0.144. The Bertz CT molecular complexity index is 47.0. The van der Waals surface area contributed by atoms with Crippen LogP contribution in [-0.4, -0.2) is 11.2 Å². The van der Waals surface area contributed by atoms with Crippen molar-refractivity contribution in [3.63, 3.8) is 0 Å². The number of hydrogen-bond donors (Lipinski definition) is 1. The fraction of sp³-hybridized carbons (Fsp3) is 1.00. The second-order valence-electron chi connectivity index (χ2n) is 1.16. The summed E-state index contributed by atoms with van der Waals surface area (Å²) in [7, 11) is 0. The maximum atomic E-state index is 4.84. The number of nitrogens with two attached hydrogens (primary N) is 1. The smallest absolute Gasteiger partial charge is 0.121 e. The Morgan fingerprint density at radius 2 is 2.25 bits per heavy atom. The highest BCUT2D eigenvalue weighted by molar-refractivity contribution is 7.99. The molecule has 0 rings (SSSR count). The standard InChI is InChI=1S/C4H11NOS.ClH/c1-3-7-4(2)6-5;/h4H,3,5H2,1-2H3;1H. The maximum absolute atomic E-state index is 4.84. The van der Waals surface area contributed by atoms with E-state index in [1.165, 1.54) is 0 Å². The average molecular weight is 158 g/mol. The predicted molar refractivity (Wildman–Crippen MR) is 40.1 cm³/mol. The molecule has 4 heteroatoms. The van der Waals surface area contributed by atoms with Gasteiger partial charge in [0, 0.05) is 0 Å². The second kappa shape index (κ2) is 7.56. The summed E-state index contributed by atoms with van der Waals surface area (Å²) < 4.78 is 0. The summed E-state index contributed by atoms with van der Waals surface area (Å²) in [5, 5.41) is 0. The zero-order valence-electron chi connectivity index (χ0n) is 5.09. The van der Waals surface area contributed by atoms with Crippen LogP contribution >= 0.6 is 24.2 Å². The largest absolute Gasteiger partial charge is 0.291 e. The SMILES string of the molecule is CCSC(C)ON.Cl. The molecule has 0 saturated carbocycles. The van der Waals surface area contributed by atoms with Gasteiger partial charge in [0.2, 0.25) is 0 Å². The monoisotopic (exact) mass is 157 g/mol. The Morgan fingerprint density at radius 3 is 2.38 bits per heavy atom. The van der Waals surface area contributed by atoms with Gasteiger partial charge in [-0.05, 0) is 12.7 Å². The first kappa shape index (κ1) is 11.4. The number of rotatable bonds is 3. The topological polar surface area (TPSA) is 35.2 Å². The normalized spacial score (nSPS) is 12.4. The molecule has 0 heterocycles. The first-order valence-electron chi connectivity index (χ1n) is 2.28. The van der Waals surface area contributed by atoms with E-state index in [4.69, 9.17) is 5.90 Å². The van der Waals surface area contributed by atoms with Gasteiger partial charge < -0.3 is 0 Å². The quantitative estimate of drug-likeness (QED) is 0.497. The molecule has 0 amide bonds. The van der Waals surface area contributed by atoms with Crippen molar-refractivity contribution in [3.8, 4) is 0 Å². The van der Waals surface area contributed by atoms with Crippen molar-refractivity contribution in [2.75, 3.05) is 5.75 Å². The van der Waals surface area contributed by atoms with Crippen LogP contribution in [0, 0.1) is 0 Å². The lowest BCUT2D eigenvalue weighted by molar-refractivity contribution is 0.127. The van der Waals surface area contributed by atoms with E-state index < -0.39 is 0 Å². The number of thioether (sulfide) groups is 1. The summed E-state index contributed by atoms with van der Waals surface area (Å²) in [6.45, 7) is 3.99. The van der Waals surface area contributed by atoms with E-state index in [1.807, 2.05) is 6.92 Å². The molecular weight excluding hydrogens is 146 g/mol. The van der Waals surface area contributed by atoms with Crippen molar-refractivity contribution in [2.45, 2.75) is 19.3 Å². The summed E-state index contributed by atoms with van der Waals surface area (Å²) in [6, 6.07) is 0. The third-order valence-electron chi connectivity index (χ3n) is 0.593. The van der Waals surface area contributed by atoms with Gasteiger partial charge in [-0.3, -0.25) is 4.84 Å². The zero-order chi connectivity index (χ0) is 5.70. The fourth-order valence-corrected chi connectivity index (χ4v) is 0.822. The van der Waals surface area contributed by atoms with Crippen LogP contribution in [0.2, 0.25) is 0 Å². The van der Waals surface area contributed by atoms with Crippen LogP contribution in [-0.2, 0) is 4.84 Å². The molecule has 0 aliphatic heterocycles. The van der Waals surface area contributed by atoms with Gasteiger partial charge in [0.1, 0.15) is 5.44 Å². The maximum Gasteiger partial charge on any atom is 0.121 e. The molecule has 0 saturated heterocycles. The van der Waals surface area contributed by atoms with E-state index in [0.29, 0.717) is 0 Å². The van der Waals surface area contributed by atoms with Crippen LogP contribution in [0.5, 0.6) is 0 Å². The summed E-state index contributed by atoms with van der Waals surface area (Å²) in [4.78, 5) is 4.45. The molecule has 2 N–H and O–H groups in total. The Kier molecular flexibility index (Phi) is 10.7. The van der Waals surface area contributed by atoms with Gasteiger partial charge in [-0.25, -0.2) is 5.90 Å². The van der Waals surface area contributed by atoms with Crippen molar-refractivity contribution in [2.24, 2.45) is 5.90 Å². The fourth-order valence-electron chi connectivity index (χ4n) is 0.274. The molecule has 0 aliphatic carbocycles. The Morgan fingerprint density at radius 1 is 1.75 bits per heavy atom. The van der Waals surface area contributed by atoms with Gasteiger partial charge in [-0.2, -0.15) is 0 Å². The highest BCUT2D eigenvalue weighted by Crippen LogP contribution is 2.06. The van der Waals surface area contributed by atoms with E-state index in [9.17, 15) is 0 Å². The molecule has 0 aliphatic rings. The Hall–Kier alpha value is 0.560. The second-order valence-corrected chi connectivity index (χ2v) is 2.73. The molecule has 52 valence electrons. The zero-order valence-corrected chi connectivity index (χ0v) is 6.72. The third-order valence-corrected chi connectivity index (χ3v) is 1.51. The molecule has 0 aromatic carbocycles. The lowest BCUT2D eigenvalue weighted by atomic mass is 10.9. The minimum absolute atomic E-state index is 0. The van der Waals surface area contributed by atoms with Crippen molar-refractivity contribution >= 4 is 24.2 Å². The molecule has 0 aromatic rings. The van der Waals surface area contributed by atoms with Crippen LogP contribution < -0.4 is 5.90 Å². The molecule has 8 heavy (non-hydrogen) atoms. The van der Waals surface area contributed by atoms with E-state index in [-0.39, 0.29) is 17.8 Å². The van der Waals surface area contributed by atoms with Crippen molar-refractivity contribution in [1.82, 2.24) is 0 Å². The van der Waals surface area contributed by atoms with Crippen LogP contribution in [0.3, 0.4) is 0 Å². The molecule has 0 aromatic heterocycles. The number of halogens is 1. The molecule has 0 bridgehead atoms. The lowest BCUT2D eigenvalue weighted by Crippen LogP contribution is -2.08. The van der Waals surface area contributed by atoms with Crippen molar-refractivity contribution in [1.29, 1.82) is 0 Å². The molecule has 0 radical (unpaired) electrons. The Balaban J connectivity index is 0. The summed E-state index contributed by atoms with van der Waals surface area (Å²) in [5.74, 6) is 5.89. The first-order chi connectivity index (χ1) is 3.31. The highest BCUT2D eigenvalue weighted by atomic mass is 35.5. The van der Waals surface area contributed by atoms with Gasteiger partial charge in [-0.1, -0.05) is 6.92 Å². The van der Waals surface area contributed by atoms with E-state index in [1.54, 1.807) is 11.8 Å². The van der Waals surface area contributed by atoms with Crippen LogP contribution in [0.4, 0.5) is 0 Å². The Labute approximate surface area is 60.5 Å². The van der Waals surface area contributed by atoms with Gasteiger partial charge in [0.05, 0.1) is 0 Å². The predicted octanol–water partition coefficient (Wildman–Crippen LogP) is 1.40. The molecule has 0 fully saturated rings. The summed E-state index contributed by atoms with van der Waals surface area (Å²) in [6.07, 6.45) is 0. The average Bonchev–Trinajstić information content (AvgIpc) is 1.68. The summed E-state index contributed by atoms with van der Waals surface area (Å²) >= 11 is 1.68. The van der Waals surface area contributed by atoms with E-state index in [2.05, 4.69) is 11.8 Å². The minimum Gasteiger partial charge on any atom is -0.291 e. The van der Waals surface area contributed by atoms with E-state index in [0.717, 1.165) is 5.75 Å². The van der Waals surface area contributed by atoms with E-state index >= 15 is 0 Å². The van der Waals surface area contributed by atoms with Crippen LogP contribution in [0.15, 0.2) is 0 Å². The molecule has 1 atom stereocenters. The van der Waals surface area contributed by atoms with Crippen LogP contribution in [0.25, 0.3) is 0 Å². The minimum atomic E-state index is 0. The molecule has 2 nitrogen and oxygen atoms in total. The van der Waals surface area contributed by atoms with Gasteiger partial charge >= 0.3 is 0 Å². The van der Waals surface area contributed by atoms with Crippen molar-refractivity contribution < 1.29 is 4.84 Å². The highest BCUT2D eigenvalue weighted by Gasteiger charge is 1.94. The van der Waals surface area contributed by atoms with Crippen molar-refractivity contribution in [3.05, 3.63) is 0 Å². The van der Waals surface area contributed by atoms with Gasteiger partial charge in [0.25, 0.3) is 0 Å². The lowest BCUT2D eigenvalue weighted by Gasteiger charge is -2.03. The third kappa shape index (κ3) is 6.56. The molecule has 1 unspecified atom stereocenters. The molecule has 0 spiro atoms. The number of hydrogen-bond acceptors (Lipinski definition) is 3. The van der Waals surface area contributed by atoms with Gasteiger partial charge in [-0.15, -0.1) is 24.2 Å². The molecular formula is C4H12ClNOS. The first-order valence-corrected chi connectivity index (χ1v) is 3.33. The van der Waals surface area contributed by atoms with Crippen LogP contribution in [0.1, 0.15) is 13.8 Å².